The molecule has 0 atom stereocenters. The van der Waals surface area contributed by atoms with Crippen LogP contribution in [0, 0.1) is 0 Å². The Balaban J connectivity index is 2.13. The third kappa shape index (κ3) is 2.31. The van der Waals surface area contributed by atoms with E-state index < -0.39 is 6.03 Å². The number of urea groups is 1. The molecule has 2 amide bonds. The predicted molar refractivity (Wildman–Crippen MR) is 80.4 cm³/mol. The minimum atomic E-state index is -0.571. The molecule has 0 saturated heterocycles. The number of aromatic nitrogens is 1. The number of rotatable bonds is 2. The fourth-order valence-corrected chi connectivity index (χ4v) is 2.25. The predicted octanol–water partition coefficient (Wildman–Crippen LogP) is 3.39. The first-order valence-corrected chi connectivity index (χ1v) is 6.24. The Morgan fingerprint density at radius 3 is 2.75 bits per heavy atom. The van der Waals surface area contributed by atoms with Gasteiger partial charge in [0.2, 0.25) is 0 Å². The molecular formula is C16H13N3O. The van der Waals surface area contributed by atoms with Crippen LogP contribution in [-0.4, -0.2) is 11.0 Å². The molecule has 98 valence electrons. The first-order chi connectivity index (χ1) is 9.74. The van der Waals surface area contributed by atoms with Gasteiger partial charge in [-0.3, -0.25) is 4.98 Å². The van der Waals surface area contributed by atoms with E-state index in [4.69, 9.17) is 5.73 Å². The summed E-state index contributed by atoms with van der Waals surface area (Å²) in [5.74, 6) is 0. The van der Waals surface area contributed by atoms with E-state index in [1.807, 2.05) is 48.8 Å². The summed E-state index contributed by atoms with van der Waals surface area (Å²) in [5.41, 5.74) is 7.82. The number of amides is 2. The van der Waals surface area contributed by atoms with Gasteiger partial charge in [0.15, 0.2) is 0 Å². The maximum Gasteiger partial charge on any atom is 0.316 e. The molecule has 20 heavy (non-hydrogen) atoms. The lowest BCUT2D eigenvalue weighted by molar-refractivity contribution is 0.259. The summed E-state index contributed by atoms with van der Waals surface area (Å²) in [7, 11) is 0. The van der Waals surface area contributed by atoms with Gasteiger partial charge in [0.05, 0.1) is 0 Å². The number of pyridine rings is 1. The molecule has 0 fully saturated rings. The molecule has 0 saturated carbocycles. The lowest BCUT2D eigenvalue weighted by atomic mass is 10.0. The molecule has 4 nitrogen and oxygen atoms in total. The summed E-state index contributed by atoms with van der Waals surface area (Å²) in [5, 5.41) is 4.79. The number of carbonyl (C=O) groups is 1. The van der Waals surface area contributed by atoms with E-state index in [1.165, 1.54) is 0 Å². The van der Waals surface area contributed by atoms with E-state index in [2.05, 4.69) is 16.4 Å². The Morgan fingerprint density at radius 1 is 1.05 bits per heavy atom. The van der Waals surface area contributed by atoms with E-state index >= 15 is 0 Å². The van der Waals surface area contributed by atoms with Crippen LogP contribution in [0.4, 0.5) is 10.5 Å². The van der Waals surface area contributed by atoms with E-state index in [-0.39, 0.29) is 0 Å². The SMILES string of the molecule is NC(=O)Nc1cccc(-c2cncc3ccccc23)c1. The van der Waals surface area contributed by atoms with Crippen LogP contribution in [0.3, 0.4) is 0 Å². The van der Waals surface area contributed by atoms with Crippen molar-refractivity contribution in [3.63, 3.8) is 0 Å². The van der Waals surface area contributed by atoms with Crippen molar-refractivity contribution in [1.82, 2.24) is 4.98 Å². The second-order valence-electron chi connectivity index (χ2n) is 4.48. The van der Waals surface area contributed by atoms with Gasteiger partial charge in [-0.15, -0.1) is 0 Å². The number of hydrogen-bond acceptors (Lipinski definition) is 2. The van der Waals surface area contributed by atoms with Crippen molar-refractivity contribution >= 4 is 22.5 Å². The Labute approximate surface area is 116 Å². The van der Waals surface area contributed by atoms with Crippen molar-refractivity contribution in [2.75, 3.05) is 5.32 Å². The van der Waals surface area contributed by atoms with Gasteiger partial charge in [-0.2, -0.15) is 0 Å². The summed E-state index contributed by atoms with van der Waals surface area (Å²) in [6, 6.07) is 15.0. The maximum atomic E-state index is 10.9. The van der Waals surface area contributed by atoms with Gasteiger partial charge in [0.25, 0.3) is 0 Å². The highest BCUT2D eigenvalue weighted by molar-refractivity contribution is 5.97. The maximum absolute atomic E-state index is 10.9. The van der Waals surface area contributed by atoms with Crippen LogP contribution < -0.4 is 11.1 Å². The number of benzene rings is 2. The highest BCUT2D eigenvalue weighted by atomic mass is 16.2. The summed E-state index contributed by atoms with van der Waals surface area (Å²) in [4.78, 5) is 15.2. The molecule has 0 radical (unpaired) electrons. The minimum Gasteiger partial charge on any atom is -0.351 e. The van der Waals surface area contributed by atoms with Gasteiger partial charge in [-0.05, 0) is 23.1 Å². The minimum absolute atomic E-state index is 0.571. The Bertz CT molecular complexity index is 778. The molecule has 1 aromatic heterocycles. The third-order valence-electron chi connectivity index (χ3n) is 3.11. The lowest BCUT2D eigenvalue weighted by Gasteiger charge is -2.08. The molecule has 1 heterocycles. The van der Waals surface area contributed by atoms with E-state index in [0.717, 1.165) is 21.9 Å². The van der Waals surface area contributed by atoms with Gasteiger partial charge in [0.1, 0.15) is 0 Å². The summed E-state index contributed by atoms with van der Waals surface area (Å²) < 4.78 is 0. The van der Waals surface area contributed by atoms with E-state index in [1.54, 1.807) is 6.07 Å². The highest BCUT2D eigenvalue weighted by Gasteiger charge is 2.05. The van der Waals surface area contributed by atoms with Crippen LogP contribution >= 0.6 is 0 Å². The average Bonchev–Trinajstić information content (AvgIpc) is 2.46. The number of nitrogens with zero attached hydrogens (tertiary/aromatic N) is 1. The average molecular weight is 263 g/mol. The van der Waals surface area contributed by atoms with Crippen LogP contribution in [0.1, 0.15) is 0 Å². The van der Waals surface area contributed by atoms with Crippen molar-refractivity contribution in [1.29, 1.82) is 0 Å². The Hall–Kier alpha value is -2.88. The van der Waals surface area contributed by atoms with E-state index in [9.17, 15) is 4.79 Å². The number of nitrogens with one attached hydrogen (secondary N) is 1. The van der Waals surface area contributed by atoms with Crippen LogP contribution in [0.5, 0.6) is 0 Å². The highest BCUT2D eigenvalue weighted by Crippen LogP contribution is 2.28. The molecule has 0 aliphatic heterocycles. The molecular weight excluding hydrogens is 250 g/mol. The van der Waals surface area contributed by atoms with Crippen LogP contribution in [0.2, 0.25) is 0 Å². The molecule has 2 aromatic carbocycles. The van der Waals surface area contributed by atoms with Crippen LogP contribution in [0.15, 0.2) is 60.9 Å². The van der Waals surface area contributed by atoms with Crippen LogP contribution in [-0.2, 0) is 0 Å². The number of nitrogens with two attached hydrogens (primary N) is 1. The standard InChI is InChI=1S/C16H13N3O/c17-16(20)19-13-6-3-5-11(8-13)15-10-18-9-12-4-1-2-7-14(12)15/h1-10H,(H3,17,19,20). The monoisotopic (exact) mass is 263 g/mol. The first-order valence-electron chi connectivity index (χ1n) is 6.24. The fourth-order valence-electron chi connectivity index (χ4n) is 2.25. The smallest absolute Gasteiger partial charge is 0.316 e. The summed E-state index contributed by atoms with van der Waals surface area (Å²) >= 11 is 0. The number of hydrogen-bond donors (Lipinski definition) is 2. The van der Waals surface area contributed by atoms with Crippen molar-refractivity contribution in [2.45, 2.75) is 0 Å². The van der Waals surface area contributed by atoms with Gasteiger partial charge >= 0.3 is 6.03 Å². The number of fused-ring (bicyclic) bond motifs is 1. The van der Waals surface area contributed by atoms with Crippen molar-refractivity contribution < 1.29 is 4.79 Å². The zero-order valence-corrected chi connectivity index (χ0v) is 10.7. The third-order valence-corrected chi connectivity index (χ3v) is 3.11. The molecule has 3 rings (SSSR count). The topological polar surface area (TPSA) is 68.0 Å². The molecule has 0 aliphatic carbocycles. The molecule has 3 aromatic rings. The number of carbonyl (C=O) groups excluding carboxylic acids is 1. The Kier molecular flexibility index (Phi) is 3.05. The summed E-state index contributed by atoms with van der Waals surface area (Å²) in [6.45, 7) is 0. The quantitative estimate of drug-likeness (QED) is 0.744. The number of anilines is 1. The van der Waals surface area contributed by atoms with Crippen LogP contribution in [0.25, 0.3) is 21.9 Å². The van der Waals surface area contributed by atoms with Crippen molar-refractivity contribution in [3.8, 4) is 11.1 Å². The molecule has 0 bridgehead atoms. The molecule has 0 aliphatic rings. The zero-order valence-electron chi connectivity index (χ0n) is 10.7. The van der Waals surface area contributed by atoms with Crippen molar-refractivity contribution in [2.24, 2.45) is 5.73 Å². The molecule has 0 spiro atoms. The second kappa shape index (κ2) is 5.01. The molecule has 0 unspecified atom stereocenters. The van der Waals surface area contributed by atoms with E-state index in [0.29, 0.717) is 5.69 Å². The number of primary amides is 1. The van der Waals surface area contributed by atoms with Gasteiger partial charge in [0, 0.05) is 29.0 Å². The first kappa shape index (κ1) is 12.2. The van der Waals surface area contributed by atoms with Gasteiger partial charge in [-0.25, -0.2) is 4.79 Å². The Morgan fingerprint density at radius 2 is 1.90 bits per heavy atom. The largest absolute Gasteiger partial charge is 0.351 e. The molecule has 3 N–H and O–H groups in total. The van der Waals surface area contributed by atoms with Crippen molar-refractivity contribution in [3.05, 3.63) is 60.9 Å². The fraction of sp³-hybridized carbons (Fsp3) is 0. The molecule has 4 heteroatoms. The van der Waals surface area contributed by atoms with Gasteiger partial charge < -0.3 is 11.1 Å². The second-order valence-corrected chi connectivity index (χ2v) is 4.48. The normalized spacial score (nSPS) is 10.4. The summed E-state index contributed by atoms with van der Waals surface area (Å²) in [6.07, 6.45) is 3.66. The van der Waals surface area contributed by atoms with Gasteiger partial charge in [-0.1, -0.05) is 36.4 Å². The lowest BCUT2D eigenvalue weighted by Crippen LogP contribution is -2.19. The zero-order chi connectivity index (χ0) is 13.9.